The van der Waals surface area contributed by atoms with E-state index in [0.717, 1.165) is 13.0 Å². The highest BCUT2D eigenvalue weighted by atomic mass is 15.1. The standard InChI is InChI=1S/C8H15N3/c1-4-6-10-8(9)11-7(3)5-2/h2,7H,4,6H2,1,3H3,(H3,9,10,11). The average Bonchev–Trinajstić information content (AvgIpc) is 2.00. The van der Waals surface area contributed by atoms with Gasteiger partial charge in [0.25, 0.3) is 0 Å². The molecule has 1 unspecified atom stereocenters. The molecule has 62 valence electrons. The number of aliphatic imine (C=N–C) groups is 1. The van der Waals surface area contributed by atoms with E-state index in [9.17, 15) is 0 Å². The molecule has 1 atom stereocenters. The molecule has 0 aliphatic carbocycles. The van der Waals surface area contributed by atoms with Crippen molar-refractivity contribution in [1.29, 1.82) is 0 Å². The summed E-state index contributed by atoms with van der Waals surface area (Å²) >= 11 is 0. The smallest absolute Gasteiger partial charge is 0.189 e. The van der Waals surface area contributed by atoms with Crippen molar-refractivity contribution in [3.8, 4) is 12.3 Å². The van der Waals surface area contributed by atoms with E-state index >= 15 is 0 Å². The van der Waals surface area contributed by atoms with Gasteiger partial charge in [0.05, 0.1) is 6.04 Å². The molecule has 0 saturated carbocycles. The molecule has 0 aromatic rings. The second kappa shape index (κ2) is 5.60. The lowest BCUT2D eigenvalue weighted by atomic mass is 10.4. The quantitative estimate of drug-likeness (QED) is 0.348. The number of nitrogens with zero attached hydrogens (tertiary/aromatic N) is 1. The fourth-order valence-corrected chi connectivity index (χ4v) is 0.541. The van der Waals surface area contributed by atoms with Gasteiger partial charge in [-0.1, -0.05) is 12.8 Å². The van der Waals surface area contributed by atoms with Crippen LogP contribution in [0.1, 0.15) is 20.3 Å². The summed E-state index contributed by atoms with van der Waals surface area (Å²) in [7, 11) is 0. The summed E-state index contributed by atoms with van der Waals surface area (Å²) < 4.78 is 0. The molecule has 3 nitrogen and oxygen atoms in total. The summed E-state index contributed by atoms with van der Waals surface area (Å²) in [6.45, 7) is 4.64. The van der Waals surface area contributed by atoms with Crippen LogP contribution >= 0.6 is 0 Å². The van der Waals surface area contributed by atoms with Gasteiger partial charge in [-0.05, 0) is 13.3 Å². The first-order chi connectivity index (χ1) is 5.20. The maximum Gasteiger partial charge on any atom is 0.189 e. The lowest BCUT2D eigenvalue weighted by Gasteiger charge is -2.06. The molecule has 0 aliphatic rings. The van der Waals surface area contributed by atoms with Crippen molar-refractivity contribution < 1.29 is 0 Å². The maximum absolute atomic E-state index is 5.48. The molecule has 0 aromatic heterocycles. The van der Waals surface area contributed by atoms with Gasteiger partial charge in [-0.25, -0.2) is 0 Å². The van der Waals surface area contributed by atoms with Crippen molar-refractivity contribution in [3.63, 3.8) is 0 Å². The second-order valence-electron chi connectivity index (χ2n) is 2.30. The molecule has 0 rings (SSSR count). The van der Waals surface area contributed by atoms with Gasteiger partial charge < -0.3 is 11.1 Å². The summed E-state index contributed by atoms with van der Waals surface area (Å²) in [5, 5.41) is 2.86. The van der Waals surface area contributed by atoms with Gasteiger partial charge in [0.1, 0.15) is 0 Å². The Kier molecular flexibility index (Phi) is 5.01. The van der Waals surface area contributed by atoms with Crippen LogP contribution < -0.4 is 11.1 Å². The first kappa shape index (κ1) is 9.83. The summed E-state index contributed by atoms with van der Waals surface area (Å²) in [6.07, 6.45) is 6.12. The largest absolute Gasteiger partial charge is 0.370 e. The van der Waals surface area contributed by atoms with Gasteiger partial charge in [0.15, 0.2) is 5.96 Å². The highest BCUT2D eigenvalue weighted by Gasteiger charge is 1.95. The number of nitrogens with one attached hydrogen (secondary N) is 1. The van der Waals surface area contributed by atoms with Gasteiger partial charge in [0.2, 0.25) is 0 Å². The van der Waals surface area contributed by atoms with E-state index in [1.807, 2.05) is 13.8 Å². The van der Waals surface area contributed by atoms with Crippen LogP contribution in [0.5, 0.6) is 0 Å². The van der Waals surface area contributed by atoms with Crippen LogP contribution in [0.2, 0.25) is 0 Å². The first-order valence-corrected chi connectivity index (χ1v) is 3.73. The minimum Gasteiger partial charge on any atom is -0.370 e. The molecular formula is C8H15N3. The monoisotopic (exact) mass is 153 g/mol. The van der Waals surface area contributed by atoms with E-state index in [4.69, 9.17) is 12.2 Å². The SMILES string of the molecule is C#CC(C)NC(N)=NCCC. The summed E-state index contributed by atoms with van der Waals surface area (Å²) in [5.74, 6) is 2.93. The second-order valence-corrected chi connectivity index (χ2v) is 2.30. The molecule has 0 bridgehead atoms. The summed E-state index contributed by atoms with van der Waals surface area (Å²) in [5.41, 5.74) is 5.48. The zero-order chi connectivity index (χ0) is 8.69. The Morgan fingerprint density at radius 1 is 1.82 bits per heavy atom. The van der Waals surface area contributed by atoms with Crippen LogP contribution in [0.25, 0.3) is 0 Å². The topological polar surface area (TPSA) is 50.4 Å². The van der Waals surface area contributed by atoms with Crippen molar-refractivity contribution in [2.45, 2.75) is 26.3 Å². The Morgan fingerprint density at radius 2 is 2.45 bits per heavy atom. The first-order valence-electron chi connectivity index (χ1n) is 3.73. The van der Waals surface area contributed by atoms with E-state index in [-0.39, 0.29) is 6.04 Å². The van der Waals surface area contributed by atoms with Crippen molar-refractivity contribution in [2.75, 3.05) is 6.54 Å². The summed E-state index contributed by atoms with van der Waals surface area (Å²) in [4.78, 5) is 4.02. The Balaban J connectivity index is 3.68. The third-order valence-electron chi connectivity index (χ3n) is 1.12. The Morgan fingerprint density at radius 3 is 2.91 bits per heavy atom. The van der Waals surface area contributed by atoms with E-state index in [0.29, 0.717) is 5.96 Å². The minimum absolute atomic E-state index is 0.0457. The molecule has 3 N–H and O–H groups in total. The number of terminal acetylenes is 1. The number of guanidine groups is 1. The van der Waals surface area contributed by atoms with Gasteiger partial charge in [-0.2, -0.15) is 0 Å². The zero-order valence-electron chi connectivity index (χ0n) is 7.09. The predicted molar refractivity (Wildman–Crippen MR) is 48.2 cm³/mol. The Labute approximate surface area is 68.1 Å². The van der Waals surface area contributed by atoms with E-state index < -0.39 is 0 Å². The number of hydrogen-bond acceptors (Lipinski definition) is 1. The number of hydrogen-bond donors (Lipinski definition) is 2. The molecule has 0 aliphatic heterocycles. The highest BCUT2D eigenvalue weighted by molar-refractivity contribution is 5.78. The minimum atomic E-state index is -0.0457. The van der Waals surface area contributed by atoms with Gasteiger partial charge in [-0.3, -0.25) is 4.99 Å². The third kappa shape index (κ3) is 5.28. The lowest BCUT2D eigenvalue weighted by Crippen LogP contribution is -2.37. The van der Waals surface area contributed by atoms with Crippen molar-refractivity contribution in [2.24, 2.45) is 10.7 Å². The maximum atomic E-state index is 5.48. The highest BCUT2D eigenvalue weighted by Crippen LogP contribution is 1.79. The van der Waals surface area contributed by atoms with Crippen molar-refractivity contribution >= 4 is 5.96 Å². The lowest BCUT2D eigenvalue weighted by molar-refractivity contribution is 0.809. The number of rotatable bonds is 3. The van der Waals surface area contributed by atoms with Crippen molar-refractivity contribution in [1.82, 2.24) is 5.32 Å². The van der Waals surface area contributed by atoms with E-state index in [2.05, 4.69) is 16.2 Å². The van der Waals surface area contributed by atoms with Crippen LogP contribution in [-0.2, 0) is 0 Å². The molecule has 3 heteroatoms. The molecule has 0 heterocycles. The molecule has 0 saturated heterocycles. The van der Waals surface area contributed by atoms with Crippen LogP contribution in [0.4, 0.5) is 0 Å². The van der Waals surface area contributed by atoms with Crippen LogP contribution in [-0.4, -0.2) is 18.5 Å². The molecule has 0 fully saturated rings. The predicted octanol–water partition coefficient (Wildman–Crippen LogP) is 0.322. The number of nitrogens with two attached hydrogens (primary N) is 1. The average molecular weight is 153 g/mol. The van der Waals surface area contributed by atoms with Gasteiger partial charge in [0, 0.05) is 6.54 Å². The van der Waals surface area contributed by atoms with Crippen LogP contribution in [0.3, 0.4) is 0 Å². The fraction of sp³-hybridized carbons (Fsp3) is 0.625. The van der Waals surface area contributed by atoms with Gasteiger partial charge in [-0.15, -0.1) is 6.42 Å². The Bertz CT molecular complexity index is 167. The molecular weight excluding hydrogens is 138 g/mol. The van der Waals surface area contributed by atoms with Crippen molar-refractivity contribution in [3.05, 3.63) is 0 Å². The molecule has 0 aromatic carbocycles. The molecule has 0 spiro atoms. The fourth-order valence-electron chi connectivity index (χ4n) is 0.541. The molecule has 11 heavy (non-hydrogen) atoms. The van der Waals surface area contributed by atoms with Gasteiger partial charge >= 0.3 is 0 Å². The van der Waals surface area contributed by atoms with E-state index in [1.165, 1.54) is 0 Å². The third-order valence-corrected chi connectivity index (χ3v) is 1.12. The normalized spacial score (nSPS) is 13.7. The van der Waals surface area contributed by atoms with Crippen LogP contribution in [0.15, 0.2) is 4.99 Å². The van der Waals surface area contributed by atoms with E-state index in [1.54, 1.807) is 0 Å². The summed E-state index contributed by atoms with van der Waals surface area (Å²) in [6, 6.07) is -0.0457. The van der Waals surface area contributed by atoms with Crippen LogP contribution in [0, 0.1) is 12.3 Å². The Hall–Kier alpha value is -1.17. The molecule has 0 radical (unpaired) electrons. The zero-order valence-corrected chi connectivity index (χ0v) is 7.09. The molecule has 0 amide bonds.